The summed E-state index contributed by atoms with van der Waals surface area (Å²) in [7, 11) is 0. The molecule has 0 aliphatic carbocycles. The summed E-state index contributed by atoms with van der Waals surface area (Å²) < 4.78 is 0. The summed E-state index contributed by atoms with van der Waals surface area (Å²) in [5.74, 6) is -6.28. The quantitative estimate of drug-likeness (QED) is 0.252. The van der Waals surface area contributed by atoms with Crippen LogP contribution < -0.4 is 5.32 Å². The van der Waals surface area contributed by atoms with Gasteiger partial charge in [0.1, 0.15) is 6.04 Å². The summed E-state index contributed by atoms with van der Waals surface area (Å²) in [6.45, 7) is 0. The van der Waals surface area contributed by atoms with Gasteiger partial charge in [-0.1, -0.05) is 0 Å². The zero-order valence-electron chi connectivity index (χ0n) is 9.84. The molecule has 0 aromatic rings. The molecule has 11 heteroatoms. The van der Waals surface area contributed by atoms with E-state index in [0.717, 1.165) is 0 Å². The zero-order valence-corrected chi connectivity index (χ0v) is 12.9. The molecular weight excluding hydrogens is 317 g/mol. The summed E-state index contributed by atoms with van der Waals surface area (Å²) in [5.41, 5.74) is 0. The average molecular weight is 328 g/mol. The molecule has 0 amide bonds. The summed E-state index contributed by atoms with van der Waals surface area (Å²) in [4.78, 5) is 41.8. The minimum atomic E-state index is -2.09. The minimum absolute atomic E-state index is 0. The standard InChI is InChI=1S/C8H11NO8.Fe.Na/c10-4(11)2-1-3(6(12)13)9-5(7(14)15)8(16)17;;/h3,5,9H,1-2H2,(H,10,11)(H,12,13)(H,14,15)(H,16,17);;/t3-;;/m0../s1. The number of carbonyl (C=O) groups is 4. The topological polar surface area (TPSA) is 161 Å². The fourth-order valence-electron chi connectivity index (χ4n) is 0.995. The molecule has 0 aromatic carbocycles. The smallest absolute Gasteiger partial charge is 0.332 e. The van der Waals surface area contributed by atoms with E-state index in [2.05, 4.69) is 0 Å². The van der Waals surface area contributed by atoms with Crippen molar-refractivity contribution >= 4 is 53.4 Å². The predicted molar refractivity (Wildman–Crippen MR) is 56.2 cm³/mol. The van der Waals surface area contributed by atoms with Crippen LogP contribution in [0.15, 0.2) is 0 Å². The average Bonchev–Trinajstić information content (AvgIpc) is 2.15. The van der Waals surface area contributed by atoms with Crippen molar-refractivity contribution in [1.29, 1.82) is 0 Å². The van der Waals surface area contributed by atoms with Gasteiger partial charge in [-0.2, -0.15) is 0 Å². The van der Waals surface area contributed by atoms with Gasteiger partial charge >= 0.3 is 23.9 Å². The maximum Gasteiger partial charge on any atom is 0.332 e. The molecule has 0 fully saturated rings. The van der Waals surface area contributed by atoms with Gasteiger partial charge in [0, 0.05) is 53.0 Å². The number of carboxylic acid groups (broad SMARTS) is 4. The molecule has 0 aliphatic rings. The molecular formula is C8H11FeNNaO8. The Morgan fingerprint density at radius 1 is 0.895 bits per heavy atom. The van der Waals surface area contributed by atoms with Gasteiger partial charge in [0.05, 0.1) is 0 Å². The first-order chi connectivity index (χ1) is 7.75. The van der Waals surface area contributed by atoms with Crippen LogP contribution >= 0.6 is 0 Å². The molecule has 0 aliphatic heterocycles. The number of nitrogens with one attached hydrogen (secondary N) is 1. The van der Waals surface area contributed by atoms with E-state index in [1.807, 2.05) is 5.32 Å². The van der Waals surface area contributed by atoms with Crippen LogP contribution in [0.3, 0.4) is 0 Å². The number of carboxylic acids is 4. The molecule has 1 radical (unpaired) electrons. The van der Waals surface area contributed by atoms with E-state index in [-0.39, 0.29) is 46.6 Å². The van der Waals surface area contributed by atoms with Crippen molar-refractivity contribution < 1.29 is 56.7 Å². The largest absolute Gasteiger partial charge is 0.481 e. The Bertz CT molecular complexity index is 336. The van der Waals surface area contributed by atoms with Gasteiger partial charge in [-0.25, -0.2) is 9.59 Å². The molecule has 0 spiro atoms. The zero-order chi connectivity index (χ0) is 13.6. The fraction of sp³-hybridized carbons (Fsp3) is 0.500. The van der Waals surface area contributed by atoms with Crippen molar-refractivity contribution in [2.24, 2.45) is 0 Å². The Morgan fingerprint density at radius 2 is 1.32 bits per heavy atom. The van der Waals surface area contributed by atoms with Crippen LogP contribution in [0, 0.1) is 0 Å². The van der Waals surface area contributed by atoms with Crippen LogP contribution in [0.4, 0.5) is 0 Å². The van der Waals surface area contributed by atoms with Crippen molar-refractivity contribution in [2.45, 2.75) is 24.9 Å². The maximum absolute atomic E-state index is 10.7. The summed E-state index contributed by atoms with van der Waals surface area (Å²) in [5, 5.41) is 35.8. The third kappa shape index (κ3) is 9.88. The molecule has 0 saturated heterocycles. The number of hydrogen-bond donors (Lipinski definition) is 5. The molecule has 5 N–H and O–H groups in total. The molecule has 0 heterocycles. The van der Waals surface area contributed by atoms with Crippen LogP contribution in [0.5, 0.6) is 0 Å². The summed E-state index contributed by atoms with van der Waals surface area (Å²) in [6, 6.07) is -3.65. The van der Waals surface area contributed by atoms with E-state index < -0.39 is 48.8 Å². The Kier molecular flexibility index (Phi) is 13.8. The van der Waals surface area contributed by atoms with Gasteiger partial charge < -0.3 is 20.4 Å². The van der Waals surface area contributed by atoms with Crippen LogP contribution in [-0.4, -0.2) is 85.9 Å². The van der Waals surface area contributed by atoms with E-state index in [9.17, 15) is 19.2 Å². The van der Waals surface area contributed by atoms with E-state index in [4.69, 9.17) is 20.4 Å². The first kappa shape index (κ1) is 23.5. The molecule has 1 atom stereocenters. The summed E-state index contributed by atoms with van der Waals surface area (Å²) in [6.07, 6.45) is -0.933. The normalized spacial score (nSPS) is 10.8. The molecule has 0 bridgehead atoms. The molecule has 0 aromatic heterocycles. The Morgan fingerprint density at radius 3 is 1.58 bits per heavy atom. The van der Waals surface area contributed by atoms with Crippen molar-refractivity contribution in [3.63, 3.8) is 0 Å². The Balaban J connectivity index is -0.00000128. The Labute approximate surface area is 140 Å². The van der Waals surface area contributed by atoms with Gasteiger partial charge in [-0.15, -0.1) is 0 Å². The van der Waals surface area contributed by atoms with Gasteiger partial charge in [-0.3, -0.25) is 14.9 Å². The second-order valence-corrected chi connectivity index (χ2v) is 3.10. The first-order valence-electron chi connectivity index (χ1n) is 4.42. The first-order valence-corrected chi connectivity index (χ1v) is 4.42. The van der Waals surface area contributed by atoms with E-state index in [1.54, 1.807) is 0 Å². The molecule has 9 nitrogen and oxygen atoms in total. The van der Waals surface area contributed by atoms with Crippen LogP contribution in [0.1, 0.15) is 12.8 Å². The molecule has 0 rings (SSSR count). The second kappa shape index (κ2) is 11.2. The van der Waals surface area contributed by atoms with Crippen molar-refractivity contribution in [1.82, 2.24) is 5.32 Å². The van der Waals surface area contributed by atoms with Crippen molar-refractivity contribution in [2.75, 3.05) is 0 Å². The molecule has 19 heavy (non-hydrogen) atoms. The monoisotopic (exact) mass is 328 g/mol. The minimum Gasteiger partial charge on any atom is -0.481 e. The van der Waals surface area contributed by atoms with Crippen LogP contribution in [-0.2, 0) is 36.2 Å². The van der Waals surface area contributed by atoms with E-state index >= 15 is 0 Å². The second-order valence-electron chi connectivity index (χ2n) is 3.10. The number of hydrogen-bond acceptors (Lipinski definition) is 5. The van der Waals surface area contributed by atoms with Gasteiger partial charge in [-0.05, 0) is 6.42 Å². The predicted octanol–water partition coefficient (Wildman–Crippen LogP) is -1.95. The van der Waals surface area contributed by atoms with E-state index in [0.29, 0.717) is 0 Å². The molecule has 0 unspecified atom stereocenters. The molecule has 105 valence electrons. The maximum atomic E-state index is 10.7. The van der Waals surface area contributed by atoms with E-state index in [1.165, 1.54) is 0 Å². The third-order valence-corrected chi connectivity index (χ3v) is 1.81. The molecule has 0 saturated carbocycles. The number of aliphatic carboxylic acids is 4. The third-order valence-electron chi connectivity index (χ3n) is 1.81. The SMILES string of the molecule is O=C(O)CC[C@H](NC(C(=O)O)C(=O)O)C(=O)O.[Fe].[Na]. The number of rotatable bonds is 8. The van der Waals surface area contributed by atoms with Gasteiger partial charge in [0.25, 0.3) is 0 Å². The Hall–Kier alpha value is -0.641. The fourth-order valence-corrected chi connectivity index (χ4v) is 0.995. The summed E-state index contributed by atoms with van der Waals surface area (Å²) >= 11 is 0. The van der Waals surface area contributed by atoms with Crippen molar-refractivity contribution in [3.05, 3.63) is 0 Å². The van der Waals surface area contributed by atoms with Crippen molar-refractivity contribution in [3.8, 4) is 0 Å². The van der Waals surface area contributed by atoms with Crippen LogP contribution in [0.2, 0.25) is 0 Å². The van der Waals surface area contributed by atoms with Gasteiger partial charge in [0.2, 0.25) is 6.04 Å². The van der Waals surface area contributed by atoms with Crippen LogP contribution in [0.25, 0.3) is 0 Å². The van der Waals surface area contributed by atoms with Gasteiger partial charge in [0.15, 0.2) is 0 Å².